The molecule has 0 radical (unpaired) electrons. The van der Waals surface area contributed by atoms with E-state index in [0.717, 1.165) is 25.6 Å². The third kappa shape index (κ3) is 4.06. The summed E-state index contributed by atoms with van der Waals surface area (Å²) >= 11 is 0. The topological polar surface area (TPSA) is 21.3 Å². The van der Waals surface area contributed by atoms with Crippen LogP contribution in [0.25, 0.3) is 0 Å². The maximum absolute atomic E-state index is 6.05. The van der Waals surface area contributed by atoms with Crippen LogP contribution in [0.5, 0.6) is 0 Å². The predicted molar refractivity (Wildman–Crippen MR) is 69.8 cm³/mol. The first kappa shape index (κ1) is 14.0. The van der Waals surface area contributed by atoms with Crippen molar-refractivity contribution in [2.75, 3.05) is 19.7 Å². The highest BCUT2D eigenvalue weighted by Gasteiger charge is 2.34. The summed E-state index contributed by atoms with van der Waals surface area (Å²) in [4.78, 5) is 0. The van der Waals surface area contributed by atoms with Crippen molar-refractivity contribution in [2.24, 2.45) is 5.92 Å². The zero-order chi connectivity index (χ0) is 11.9. The van der Waals surface area contributed by atoms with Gasteiger partial charge in [0.2, 0.25) is 0 Å². The van der Waals surface area contributed by atoms with Crippen molar-refractivity contribution in [2.45, 2.75) is 64.9 Å². The molecule has 0 heterocycles. The van der Waals surface area contributed by atoms with Crippen LogP contribution in [0.1, 0.15) is 59.3 Å². The predicted octanol–water partition coefficient (Wildman–Crippen LogP) is 3.36. The van der Waals surface area contributed by atoms with Crippen LogP contribution >= 0.6 is 0 Å². The zero-order valence-corrected chi connectivity index (χ0v) is 11.3. The van der Waals surface area contributed by atoms with Gasteiger partial charge in [-0.05, 0) is 51.5 Å². The fourth-order valence-corrected chi connectivity index (χ4v) is 2.78. The highest BCUT2D eigenvalue weighted by Crippen LogP contribution is 2.35. The Hall–Kier alpha value is -0.0800. The lowest BCUT2D eigenvalue weighted by Crippen LogP contribution is -2.46. The summed E-state index contributed by atoms with van der Waals surface area (Å²) in [5.41, 5.74) is 0.148. The molecule has 96 valence electrons. The summed E-state index contributed by atoms with van der Waals surface area (Å²) < 4.78 is 6.05. The Kier molecular flexibility index (Phi) is 6.37. The Morgan fingerprint density at radius 1 is 1.19 bits per heavy atom. The molecule has 0 aromatic carbocycles. The summed E-state index contributed by atoms with van der Waals surface area (Å²) in [6.45, 7) is 9.66. The minimum atomic E-state index is 0.148. The van der Waals surface area contributed by atoms with Gasteiger partial charge in [-0.2, -0.15) is 0 Å². The van der Waals surface area contributed by atoms with E-state index in [4.69, 9.17) is 4.74 Å². The van der Waals surface area contributed by atoms with Gasteiger partial charge in [-0.25, -0.2) is 0 Å². The molecule has 0 atom stereocenters. The number of ether oxygens (including phenoxy) is 1. The highest BCUT2D eigenvalue weighted by molar-refractivity contribution is 4.89. The second kappa shape index (κ2) is 7.29. The molecule has 0 unspecified atom stereocenters. The SMILES string of the molecule is CCCNCC1(OCC)CCC(CC)CC1. The van der Waals surface area contributed by atoms with E-state index in [-0.39, 0.29) is 5.60 Å². The van der Waals surface area contributed by atoms with Gasteiger partial charge >= 0.3 is 0 Å². The third-order valence-corrected chi connectivity index (χ3v) is 3.92. The first-order valence-electron chi connectivity index (χ1n) is 7.11. The van der Waals surface area contributed by atoms with E-state index in [1.54, 1.807) is 0 Å². The molecule has 1 aliphatic carbocycles. The molecule has 1 N–H and O–H groups in total. The lowest BCUT2D eigenvalue weighted by molar-refractivity contribution is -0.0712. The standard InChI is InChI=1S/C14H29NO/c1-4-11-15-12-14(16-6-3)9-7-13(5-2)8-10-14/h13,15H,4-12H2,1-3H3. The monoisotopic (exact) mass is 227 g/mol. The summed E-state index contributed by atoms with van der Waals surface area (Å²) in [6, 6.07) is 0. The fraction of sp³-hybridized carbons (Fsp3) is 1.00. The van der Waals surface area contributed by atoms with Gasteiger partial charge in [0, 0.05) is 13.2 Å². The van der Waals surface area contributed by atoms with Crippen LogP contribution in [0, 0.1) is 5.92 Å². The lowest BCUT2D eigenvalue weighted by Gasteiger charge is -2.40. The molecule has 1 aliphatic rings. The number of hydrogen-bond donors (Lipinski definition) is 1. The van der Waals surface area contributed by atoms with Crippen LogP contribution in [0.3, 0.4) is 0 Å². The minimum Gasteiger partial charge on any atom is -0.374 e. The van der Waals surface area contributed by atoms with Gasteiger partial charge in [-0.15, -0.1) is 0 Å². The normalized spacial score (nSPS) is 30.6. The van der Waals surface area contributed by atoms with E-state index in [9.17, 15) is 0 Å². The minimum absolute atomic E-state index is 0.148. The van der Waals surface area contributed by atoms with Gasteiger partial charge in [0.15, 0.2) is 0 Å². The zero-order valence-electron chi connectivity index (χ0n) is 11.3. The van der Waals surface area contributed by atoms with Crippen molar-refractivity contribution in [1.82, 2.24) is 5.32 Å². The molecule has 0 saturated heterocycles. The average molecular weight is 227 g/mol. The molecule has 1 saturated carbocycles. The second-order valence-electron chi connectivity index (χ2n) is 5.14. The highest BCUT2D eigenvalue weighted by atomic mass is 16.5. The van der Waals surface area contributed by atoms with E-state index < -0.39 is 0 Å². The molecule has 1 fully saturated rings. The molecule has 2 nitrogen and oxygen atoms in total. The van der Waals surface area contributed by atoms with Crippen molar-refractivity contribution in [3.8, 4) is 0 Å². The van der Waals surface area contributed by atoms with Crippen molar-refractivity contribution < 1.29 is 4.74 Å². The van der Waals surface area contributed by atoms with Gasteiger partial charge in [0.1, 0.15) is 0 Å². The van der Waals surface area contributed by atoms with Crippen molar-refractivity contribution in [3.05, 3.63) is 0 Å². The van der Waals surface area contributed by atoms with Crippen molar-refractivity contribution in [3.63, 3.8) is 0 Å². The summed E-state index contributed by atoms with van der Waals surface area (Å²) in [6.07, 6.45) is 7.74. The van der Waals surface area contributed by atoms with Crippen LogP contribution in [-0.2, 0) is 4.74 Å². The Balaban J connectivity index is 2.40. The maximum atomic E-state index is 6.05. The van der Waals surface area contributed by atoms with Gasteiger partial charge in [-0.3, -0.25) is 0 Å². The molecular formula is C14H29NO. The quantitative estimate of drug-likeness (QED) is 0.673. The van der Waals surface area contributed by atoms with Gasteiger partial charge < -0.3 is 10.1 Å². The molecule has 0 aromatic heterocycles. The summed E-state index contributed by atoms with van der Waals surface area (Å²) in [7, 11) is 0. The van der Waals surface area contributed by atoms with Crippen LogP contribution in [0.15, 0.2) is 0 Å². The Morgan fingerprint density at radius 3 is 2.38 bits per heavy atom. The number of hydrogen-bond acceptors (Lipinski definition) is 2. The van der Waals surface area contributed by atoms with Crippen LogP contribution in [-0.4, -0.2) is 25.3 Å². The first-order chi connectivity index (χ1) is 7.76. The smallest absolute Gasteiger partial charge is 0.0806 e. The Morgan fingerprint density at radius 2 is 1.88 bits per heavy atom. The first-order valence-corrected chi connectivity index (χ1v) is 7.11. The van der Waals surface area contributed by atoms with E-state index in [0.29, 0.717) is 0 Å². The lowest BCUT2D eigenvalue weighted by atomic mass is 9.77. The molecule has 0 aliphatic heterocycles. The molecule has 1 rings (SSSR count). The second-order valence-corrected chi connectivity index (χ2v) is 5.14. The molecule has 16 heavy (non-hydrogen) atoms. The molecule has 0 bridgehead atoms. The molecular weight excluding hydrogens is 198 g/mol. The van der Waals surface area contributed by atoms with Crippen LogP contribution < -0.4 is 5.32 Å². The largest absolute Gasteiger partial charge is 0.374 e. The summed E-state index contributed by atoms with van der Waals surface area (Å²) in [5, 5.41) is 3.54. The number of rotatable bonds is 7. The van der Waals surface area contributed by atoms with Gasteiger partial charge in [-0.1, -0.05) is 20.3 Å². The Labute approximate surface area is 101 Å². The molecule has 0 aromatic rings. The van der Waals surface area contributed by atoms with Crippen molar-refractivity contribution >= 4 is 0 Å². The average Bonchev–Trinajstić information content (AvgIpc) is 2.31. The van der Waals surface area contributed by atoms with Crippen LogP contribution in [0.4, 0.5) is 0 Å². The van der Waals surface area contributed by atoms with Gasteiger partial charge in [0.25, 0.3) is 0 Å². The molecule has 0 amide bonds. The summed E-state index contributed by atoms with van der Waals surface area (Å²) in [5.74, 6) is 0.944. The number of nitrogens with one attached hydrogen (secondary N) is 1. The van der Waals surface area contributed by atoms with Gasteiger partial charge in [0.05, 0.1) is 5.60 Å². The fourth-order valence-electron chi connectivity index (χ4n) is 2.78. The van der Waals surface area contributed by atoms with E-state index in [2.05, 4.69) is 26.1 Å². The van der Waals surface area contributed by atoms with E-state index >= 15 is 0 Å². The van der Waals surface area contributed by atoms with E-state index in [1.807, 2.05) is 0 Å². The van der Waals surface area contributed by atoms with Crippen LogP contribution in [0.2, 0.25) is 0 Å². The molecule has 0 spiro atoms. The molecule has 2 heteroatoms. The van der Waals surface area contributed by atoms with Crippen molar-refractivity contribution in [1.29, 1.82) is 0 Å². The third-order valence-electron chi connectivity index (χ3n) is 3.92. The maximum Gasteiger partial charge on any atom is 0.0806 e. The van der Waals surface area contributed by atoms with E-state index in [1.165, 1.54) is 38.5 Å². The Bertz CT molecular complexity index is 168.